The van der Waals surface area contributed by atoms with E-state index in [9.17, 15) is 9.18 Å². The molecule has 0 saturated heterocycles. The van der Waals surface area contributed by atoms with E-state index in [1.165, 1.54) is 6.07 Å². The van der Waals surface area contributed by atoms with Gasteiger partial charge in [-0.1, -0.05) is 24.3 Å². The lowest BCUT2D eigenvalue weighted by atomic mass is 9.99. The second kappa shape index (κ2) is 8.23. The SMILES string of the molecule is Cc1cc(-c2cnccn2)cc2c1C(=O)N(Cc1ccc(Oc3ccccc3F)cc1)C2. The molecule has 0 radical (unpaired) electrons. The van der Waals surface area contributed by atoms with Gasteiger partial charge in [-0.2, -0.15) is 0 Å². The molecule has 6 heteroatoms. The molecule has 32 heavy (non-hydrogen) atoms. The highest BCUT2D eigenvalue weighted by Gasteiger charge is 2.29. The molecule has 5 rings (SSSR count). The fourth-order valence-corrected chi connectivity index (χ4v) is 3.99. The van der Waals surface area contributed by atoms with Crippen LogP contribution in [0.25, 0.3) is 11.3 Å². The second-order valence-corrected chi connectivity index (χ2v) is 7.76. The Morgan fingerprint density at radius 1 is 1.06 bits per heavy atom. The molecule has 0 bridgehead atoms. The molecule has 0 unspecified atom stereocenters. The number of aryl methyl sites for hydroxylation is 1. The summed E-state index contributed by atoms with van der Waals surface area (Å²) in [5.74, 6) is 0.335. The Kier molecular flexibility index (Phi) is 5.11. The summed E-state index contributed by atoms with van der Waals surface area (Å²) in [5.41, 5.74) is 5.41. The first-order valence-corrected chi connectivity index (χ1v) is 10.3. The van der Waals surface area contributed by atoms with Crippen molar-refractivity contribution in [3.05, 3.63) is 107 Å². The fourth-order valence-electron chi connectivity index (χ4n) is 3.99. The largest absolute Gasteiger partial charge is 0.454 e. The number of aromatic nitrogens is 2. The van der Waals surface area contributed by atoms with Crippen LogP contribution in [0.4, 0.5) is 4.39 Å². The highest BCUT2D eigenvalue weighted by atomic mass is 19.1. The smallest absolute Gasteiger partial charge is 0.255 e. The van der Waals surface area contributed by atoms with Crippen LogP contribution in [0, 0.1) is 12.7 Å². The van der Waals surface area contributed by atoms with Gasteiger partial charge in [0.15, 0.2) is 11.6 Å². The number of carbonyl (C=O) groups excluding carboxylic acids is 1. The molecule has 1 aliphatic rings. The van der Waals surface area contributed by atoms with Crippen LogP contribution in [-0.2, 0) is 13.1 Å². The van der Waals surface area contributed by atoms with Crippen molar-refractivity contribution in [3.63, 3.8) is 0 Å². The minimum absolute atomic E-state index is 0.0230. The van der Waals surface area contributed by atoms with E-state index in [0.29, 0.717) is 18.8 Å². The molecular formula is C26H20FN3O2. The summed E-state index contributed by atoms with van der Waals surface area (Å²) in [6.45, 7) is 2.97. The summed E-state index contributed by atoms with van der Waals surface area (Å²) >= 11 is 0. The van der Waals surface area contributed by atoms with Gasteiger partial charge in [-0.25, -0.2) is 4.39 Å². The van der Waals surface area contributed by atoms with Crippen LogP contribution in [0.5, 0.6) is 11.5 Å². The first-order valence-electron chi connectivity index (χ1n) is 10.3. The number of carbonyl (C=O) groups is 1. The van der Waals surface area contributed by atoms with Crippen LogP contribution < -0.4 is 4.74 Å². The predicted molar refractivity (Wildman–Crippen MR) is 119 cm³/mol. The van der Waals surface area contributed by atoms with Gasteiger partial charge < -0.3 is 9.64 Å². The Hall–Kier alpha value is -4.06. The number of amides is 1. The topological polar surface area (TPSA) is 55.3 Å². The monoisotopic (exact) mass is 425 g/mol. The van der Waals surface area contributed by atoms with Gasteiger partial charge in [0, 0.05) is 36.6 Å². The quantitative estimate of drug-likeness (QED) is 0.421. The lowest BCUT2D eigenvalue weighted by molar-refractivity contribution is 0.0766. The number of para-hydroxylation sites is 1. The number of benzene rings is 3. The van der Waals surface area contributed by atoms with E-state index in [2.05, 4.69) is 9.97 Å². The third-order valence-electron chi connectivity index (χ3n) is 5.50. The van der Waals surface area contributed by atoms with Gasteiger partial charge in [0.05, 0.1) is 11.9 Å². The second-order valence-electron chi connectivity index (χ2n) is 7.76. The third-order valence-corrected chi connectivity index (χ3v) is 5.50. The maximum atomic E-state index is 13.8. The molecule has 0 saturated carbocycles. The van der Waals surface area contributed by atoms with Gasteiger partial charge in [0.2, 0.25) is 0 Å². The normalized spacial score (nSPS) is 12.7. The number of hydrogen-bond acceptors (Lipinski definition) is 4. The molecular weight excluding hydrogens is 405 g/mol. The first-order chi connectivity index (χ1) is 15.6. The van der Waals surface area contributed by atoms with Crippen LogP contribution >= 0.6 is 0 Å². The Morgan fingerprint density at radius 3 is 2.62 bits per heavy atom. The predicted octanol–water partition coefficient (Wildman–Crippen LogP) is 5.54. The Bertz CT molecular complexity index is 1290. The maximum Gasteiger partial charge on any atom is 0.255 e. The summed E-state index contributed by atoms with van der Waals surface area (Å²) in [6, 6.07) is 17.7. The fraction of sp³-hybridized carbons (Fsp3) is 0.115. The lowest BCUT2D eigenvalue weighted by Gasteiger charge is -2.16. The molecule has 1 amide bonds. The number of ether oxygens (including phenoxy) is 1. The Labute approximate surface area is 185 Å². The summed E-state index contributed by atoms with van der Waals surface area (Å²) in [7, 11) is 0. The maximum absolute atomic E-state index is 13.8. The van der Waals surface area contributed by atoms with Crippen LogP contribution in [-0.4, -0.2) is 20.8 Å². The molecule has 0 N–H and O–H groups in total. The molecule has 1 aromatic heterocycles. The summed E-state index contributed by atoms with van der Waals surface area (Å²) in [4.78, 5) is 23.4. The zero-order valence-corrected chi connectivity index (χ0v) is 17.5. The minimum Gasteiger partial charge on any atom is -0.454 e. The summed E-state index contributed by atoms with van der Waals surface area (Å²) < 4.78 is 19.4. The van der Waals surface area contributed by atoms with E-state index in [-0.39, 0.29) is 11.7 Å². The molecule has 158 valence electrons. The number of nitrogens with zero attached hydrogens (tertiary/aromatic N) is 3. The van der Waals surface area contributed by atoms with Gasteiger partial charge in [-0.05, 0) is 60.0 Å². The standard InChI is InChI=1S/C26H20FN3O2/c1-17-12-19(23-14-28-10-11-29-23)13-20-16-30(26(31)25(17)20)15-18-6-8-21(9-7-18)32-24-5-3-2-4-22(24)27/h2-14H,15-16H2,1H3. The van der Waals surface area contributed by atoms with Crippen molar-refractivity contribution < 1.29 is 13.9 Å². The van der Waals surface area contributed by atoms with Gasteiger partial charge >= 0.3 is 0 Å². The van der Waals surface area contributed by atoms with Crippen molar-refractivity contribution in [2.45, 2.75) is 20.0 Å². The number of fused-ring (bicyclic) bond motifs is 1. The zero-order chi connectivity index (χ0) is 22.1. The Morgan fingerprint density at radius 2 is 1.88 bits per heavy atom. The van der Waals surface area contributed by atoms with E-state index < -0.39 is 5.82 Å². The minimum atomic E-state index is -0.409. The average molecular weight is 425 g/mol. The number of hydrogen-bond donors (Lipinski definition) is 0. The molecule has 0 spiro atoms. The van der Waals surface area contributed by atoms with Gasteiger partial charge in [-0.3, -0.25) is 14.8 Å². The van der Waals surface area contributed by atoms with Crippen molar-refractivity contribution in [2.75, 3.05) is 0 Å². The molecule has 0 fully saturated rings. The third kappa shape index (κ3) is 3.83. The van der Waals surface area contributed by atoms with Gasteiger partial charge in [0.25, 0.3) is 5.91 Å². The van der Waals surface area contributed by atoms with E-state index >= 15 is 0 Å². The molecule has 0 atom stereocenters. The van der Waals surface area contributed by atoms with Crippen molar-refractivity contribution in [1.82, 2.24) is 14.9 Å². The first kappa shape index (κ1) is 19.9. The van der Waals surface area contributed by atoms with E-state index in [4.69, 9.17) is 4.74 Å². The summed E-state index contributed by atoms with van der Waals surface area (Å²) in [5, 5.41) is 0. The molecule has 0 aliphatic carbocycles. The van der Waals surface area contributed by atoms with Crippen LogP contribution in [0.2, 0.25) is 0 Å². The molecule has 4 aromatic rings. The Balaban J connectivity index is 1.32. The lowest BCUT2D eigenvalue weighted by Crippen LogP contribution is -2.23. The van der Waals surface area contributed by atoms with Crippen LogP contribution in [0.3, 0.4) is 0 Å². The van der Waals surface area contributed by atoms with Gasteiger partial charge in [0.1, 0.15) is 5.75 Å². The molecule has 1 aliphatic heterocycles. The van der Waals surface area contributed by atoms with Crippen molar-refractivity contribution in [3.8, 4) is 22.8 Å². The van der Waals surface area contributed by atoms with Crippen molar-refractivity contribution >= 4 is 5.91 Å². The molecule has 3 aromatic carbocycles. The highest BCUT2D eigenvalue weighted by Crippen LogP contribution is 2.32. The van der Waals surface area contributed by atoms with Gasteiger partial charge in [-0.15, -0.1) is 0 Å². The van der Waals surface area contributed by atoms with Crippen LogP contribution in [0.1, 0.15) is 27.0 Å². The molecule has 2 heterocycles. The van der Waals surface area contributed by atoms with E-state index in [0.717, 1.165) is 33.5 Å². The van der Waals surface area contributed by atoms with Crippen molar-refractivity contribution in [2.24, 2.45) is 0 Å². The van der Waals surface area contributed by atoms with Crippen LogP contribution in [0.15, 0.2) is 79.3 Å². The summed E-state index contributed by atoms with van der Waals surface area (Å²) in [6.07, 6.45) is 5.02. The molecule has 5 nitrogen and oxygen atoms in total. The number of rotatable bonds is 5. The average Bonchev–Trinajstić information content (AvgIpc) is 3.12. The van der Waals surface area contributed by atoms with E-state index in [1.807, 2.05) is 36.1 Å². The highest BCUT2D eigenvalue weighted by molar-refractivity contribution is 6.00. The zero-order valence-electron chi connectivity index (χ0n) is 17.5. The van der Waals surface area contributed by atoms with Crippen molar-refractivity contribution in [1.29, 1.82) is 0 Å². The van der Waals surface area contributed by atoms with E-state index in [1.54, 1.807) is 48.9 Å². The number of halogens is 1.